The predicted octanol–water partition coefficient (Wildman–Crippen LogP) is 2.68. The second-order valence-electron chi connectivity index (χ2n) is 6.00. The largest absolute Gasteiger partial charge is 0.379 e. The summed E-state index contributed by atoms with van der Waals surface area (Å²) in [6.45, 7) is 6.08. The molecule has 0 aromatic heterocycles. The molecule has 1 aromatic rings. The Kier molecular flexibility index (Phi) is 5.91. The van der Waals surface area contributed by atoms with Crippen LogP contribution >= 0.6 is 0 Å². The number of para-hydroxylation sites is 1. The van der Waals surface area contributed by atoms with Crippen molar-refractivity contribution in [2.24, 2.45) is 0 Å². The molecule has 1 heterocycles. The van der Waals surface area contributed by atoms with Crippen molar-refractivity contribution in [1.82, 2.24) is 4.90 Å². The minimum absolute atomic E-state index is 0.0163. The number of carbonyl (C=O) groups excluding carboxylic acids is 1. The van der Waals surface area contributed by atoms with Crippen molar-refractivity contribution in [2.75, 3.05) is 31.6 Å². The summed E-state index contributed by atoms with van der Waals surface area (Å²) in [7, 11) is 1.95. The van der Waals surface area contributed by atoms with Crippen LogP contribution in [0.4, 0.5) is 10.1 Å². The van der Waals surface area contributed by atoms with Crippen LogP contribution in [0.5, 0.6) is 0 Å². The third-order valence-electron chi connectivity index (χ3n) is 3.96. The molecule has 0 aliphatic carbocycles. The first-order chi connectivity index (χ1) is 10.5. The van der Waals surface area contributed by atoms with Crippen molar-refractivity contribution in [3.8, 4) is 0 Å². The lowest BCUT2D eigenvalue weighted by molar-refractivity contribution is -0.121. The van der Waals surface area contributed by atoms with Crippen molar-refractivity contribution in [3.63, 3.8) is 0 Å². The molecule has 2 rings (SSSR count). The third-order valence-corrected chi connectivity index (χ3v) is 3.96. The Hall–Kier alpha value is -1.46. The maximum atomic E-state index is 13.8. The van der Waals surface area contributed by atoms with Gasteiger partial charge in [-0.2, -0.15) is 0 Å². The van der Waals surface area contributed by atoms with Gasteiger partial charge in [-0.1, -0.05) is 12.1 Å². The van der Waals surface area contributed by atoms with Crippen LogP contribution in [0.25, 0.3) is 0 Å². The number of hydrogen-bond acceptors (Lipinski definition) is 3. The molecule has 22 heavy (non-hydrogen) atoms. The Bertz CT molecular complexity index is 507. The molecule has 1 atom stereocenters. The predicted molar refractivity (Wildman–Crippen MR) is 85.5 cm³/mol. The molecular formula is C17H25FN2O2. The third kappa shape index (κ3) is 4.05. The van der Waals surface area contributed by atoms with Gasteiger partial charge in [-0.05, 0) is 45.9 Å². The van der Waals surface area contributed by atoms with Crippen LogP contribution in [0.2, 0.25) is 0 Å². The van der Waals surface area contributed by atoms with E-state index in [-0.39, 0.29) is 23.9 Å². The van der Waals surface area contributed by atoms with E-state index in [9.17, 15) is 9.18 Å². The molecule has 0 unspecified atom stereocenters. The number of anilines is 1. The molecule has 122 valence electrons. The smallest absolute Gasteiger partial charge is 0.244 e. The summed E-state index contributed by atoms with van der Waals surface area (Å²) in [6, 6.07) is 6.28. The number of nitrogens with zero attached hydrogens (tertiary/aromatic N) is 2. The van der Waals surface area contributed by atoms with E-state index in [0.717, 1.165) is 19.4 Å². The molecule has 5 heteroatoms. The average molecular weight is 308 g/mol. The van der Waals surface area contributed by atoms with Crippen LogP contribution in [0.15, 0.2) is 24.3 Å². The highest BCUT2D eigenvalue weighted by Crippen LogP contribution is 2.26. The maximum absolute atomic E-state index is 13.8. The Morgan fingerprint density at radius 3 is 2.82 bits per heavy atom. The summed E-state index contributed by atoms with van der Waals surface area (Å²) in [4.78, 5) is 16.1. The van der Waals surface area contributed by atoms with Gasteiger partial charge in [-0.15, -0.1) is 0 Å². The number of hydrogen-bond donors (Lipinski definition) is 0. The van der Waals surface area contributed by atoms with Crippen LogP contribution in [-0.4, -0.2) is 49.7 Å². The van der Waals surface area contributed by atoms with Crippen LogP contribution in [0, 0.1) is 5.82 Å². The highest BCUT2D eigenvalue weighted by atomic mass is 19.1. The second-order valence-corrected chi connectivity index (χ2v) is 6.00. The fourth-order valence-electron chi connectivity index (χ4n) is 2.77. The molecule has 1 aliphatic rings. The van der Waals surface area contributed by atoms with Crippen molar-refractivity contribution >= 4 is 11.6 Å². The Morgan fingerprint density at radius 2 is 2.14 bits per heavy atom. The normalized spacial score (nSPS) is 18.7. The van der Waals surface area contributed by atoms with E-state index < -0.39 is 0 Å². The summed E-state index contributed by atoms with van der Waals surface area (Å²) in [6.07, 6.45) is 1.85. The molecule has 0 spiro atoms. The zero-order chi connectivity index (χ0) is 16.1. The fourth-order valence-corrected chi connectivity index (χ4v) is 2.77. The van der Waals surface area contributed by atoms with Gasteiger partial charge in [0.25, 0.3) is 0 Å². The monoisotopic (exact) mass is 308 g/mol. The summed E-state index contributed by atoms with van der Waals surface area (Å²) in [5.41, 5.74) is 0.381. The van der Waals surface area contributed by atoms with E-state index in [1.165, 1.54) is 6.07 Å². The standard InChI is InChI=1S/C17H25FN2O2/c1-13(2)22-12-6-10-19(3)16-9-11-20(17(16)21)15-8-5-4-7-14(15)18/h4-5,7-8,13,16H,6,9-12H2,1-3H3/t16-/m0/s1. The number of ether oxygens (including phenoxy) is 1. The van der Waals surface area contributed by atoms with Gasteiger partial charge in [0, 0.05) is 19.7 Å². The highest BCUT2D eigenvalue weighted by Gasteiger charge is 2.35. The molecule has 1 fully saturated rings. The van der Waals surface area contributed by atoms with Crippen LogP contribution in [-0.2, 0) is 9.53 Å². The van der Waals surface area contributed by atoms with E-state index in [1.54, 1.807) is 23.1 Å². The minimum atomic E-state index is -0.343. The molecular weight excluding hydrogens is 283 g/mol. The van der Waals surface area contributed by atoms with Gasteiger partial charge in [0.2, 0.25) is 5.91 Å². The maximum Gasteiger partial charge on any atom is 0.244 e. The zero-order valence-corrected chi connectivity index (χ0v) is 13.6. The van der Waals surface area contributed by atoms with E-state index >= 15 is 0 Å². The summed E-state index contributed by atoms with van der Waals surface area (Å²) < 4.78 is 19.4. The molecule has 1 saturated heterocycles. The Balaban J connectivity index is 1.89. The van der Waals surface area contributed by atoms with E-state index in [0.29, 0.717) is 18.8 Å². The van der Waals surface area contributed by atoms with Crippen molar-refractivity contribution in [3.05, 3.63) is 30.1 Å². The molecule has 0 radical (unpaired) electrons. The van der Waals surface area contributed by atoms with Crippen molar-refractivity contribution in [2.45, 2.75) is 38.8 Å². The Morgan fingerprint density at radius 1 is 1.41 bits per heavy atom. The number of amides is 1. The van der Waals surface area contributed by atoms with Crippen LogP contribution in [0.1, 0.15) is 26.7 Å². The lowest BCUT2D eigenvalue weighted by Crippen LogP contribution is -2.40. The zero-order valence-electron chi connectivity index (χ0n) is 13.6. The average Bonchev–Trinajstić information content (AvgIpc) is 2.85. The van der Waals surface area contributed by atoms with Gasteiger partial charge in [0.05, 0.1) is 17.8 Å². The van der Waals surface area contributed by atoms with E-state index in [1.807, 2.05) is 25.8 Å². The SMILES string of the molecule is CC(C)OCCCN(C)[C@H]1CCN(c2ccccc2F)C1=O. The second kappa shape index (κ2) is 7.70. The highest BCUT2D eigenvalue weighted by molar-refractivity contribution is 5.99. The lowest BCUT2D eigenvalue weighted by atomic mass is 10.2. The summed E-state index contributed by atoms with van der Waals surface area (Å²) in [5.74, 6) is -0.359. The van der Waals surface area contributed by atoms with Gasteiger partial charge in [-0.3, -0.25) is 9.69 Å². The number of rotatable bonds is 7. The quantitative estimate of drug-likeness (QED) is 0.726. The number of carbonyl (C=O) groups is 1. The van der Waals surface area contributed by atoms with Crippen molar-refractivity contribution in [1.29, 1.82) is 0 Å². The summed E-state index contributed by atoms with van der Waals surface area (Å²) in [5, 5.41) is 0. The molecule has 1 aliphatic heterocycles. The fraction of sp³-hybridized carbons (Fsp3) is 0.588. The van der Waals surface area contributed by atoms with Crippen LogP contribution in [0.3, 0.4) is 0 Å². The lowest BCUT2D eigenvalue weighted by Gasteiger charge is -2.24. The van der Waals surface area contributed by atoms with Crippen molar-refractivity contribution < 1.29 is 13.9 Å². The minimum Gasteiger partial charge on any atom is -0.379 e. The first kappa shape index (κ1) is 16.9. The van der Waals surface area contributed by atoms with Gasteiger partial charge >= 0.3 is 0 Å². The first-order valence-corrected chi connectivity index (χ1v) is 7.88. The molecule has 1 aromatic carbocycles. The summed E-state index contributed by atoms with van der Waals surface area (Å²) >= 11 is 0. The van der Waals surface area contributed by atoms with E-state index in [2.05, 4.69) is 0 Å². The van der Waals surface area contributed by atoms with Gasteiger partial charge in [0.15, 0.2) is 0 Å². The topological polar surface area (TPSA) is 32.8 Å². The first-order valence-electron chi connectivity index (χ1n) is 7.88. The molecule has 0 saturated carbocycles. The molecule has 4 nitrogen and oxygen atoms in total. The Labute approximate surface area is 131 Å². The van der Waals surface area contributed by atoms with Gasteiger partial charge in [-0.25, -0.2) is 4.39 Å². The number of halogens is 1. The molecule has 0 N–H and O–H groups in total. The number of likely N-dealkylation sites (N-methyl/N-ethyl adjacent to an activating group) is 1. The molecule has 0 bridgehead atoms. The van der Waals surface area contributed by atoms with Gasteiger partial charge < -0.3 is 9.64 Å². The van der Waals surface area contributed by atoms with Gasteiger partial charge in [0.1, 0.15) is 5.82 Å². The van der Waals surface area contributed by atoms with E-state index in [4.69, 9.17) is 4.74 Å². The molecule has 1 amide bonds. The van der Waals surface area contributed by atoms with Crippen LogP contribution < -0.4 is 4.90 Å². The number of benzene rings is 1.